The van der Waals surface area contributed by atoms with Gasteiger partial charge in [0.05, 0.1) is 24.5 Å². The van der Waals surface area contributed by atoms with Gasteiger partial charge in [-0.2, -0.15) is 0 Å². The summed E-state index contributed by atoms with van der Waals surface area (Å²) in [5.74, 6) is -0.0694. The molecule has 30 heavy (non-hydrogen) atoms. The molecule has 2 aromatic heterocycles. The van der Waals surface area contributed by atoms with Crippen molar-refractivity contribution < 1.29 is 19.1 Å². The van der Waals surface area contributed by atoms with Crippen molar-refractivity contribution in [3.8, 4) is 5.75 Å². The first-order chi connectivity index (χ1) is 14.6. The number of esters is 1. The number of aryl methyl sites for hydroxylation is 1. The first-order valence-electron chi connectivity index (χ1n) is 10.3. The van der Waals surface area contributed by atoms with Gasteiger partial charge in [0.2, 0.25) is 0 Å². The van der Waals surface area contributed by atoms with Crippen LogP contribution in [0.2, 0.25) is 0 Å². The SMILES string of the molecule is CCCCOC(=O)c1cccc(NC(=O)c2c(CC)nc3c(OCC)cccn23)c1. The van der Waals surface area contributed by atoms with Crippen molar-refractivity contribution in [1.82, 2.24) is 9.38 Å². The van der Waals surface area contributed by atoms with Crippen LogP contribution in [-0.2, 0) is 11.2 Å². The number of anilines is 1. The number of amides is 1. The number of unbranched alkanes of at least 4 members (excludes halogenated alkanes) is 1. The van der Waals surface area contributed by atoms with Crippen LogP contribution in [0.3, 0.4) is 0 Å². The van der Waals surface area contributed by atoms with Gasteiger partial charge in [-0.25, -0.2) is 9.78 Å². The van der Waals surface area contributed by atoms with Crippen molar-refractivity contribution in [2.24, 2.45) is 0 Å². The highest BCUT2D eigenvalue weighted by molar-refractivity contribution is 6.05. The Hall–Kier alpha value is -3.35. The molecule has 0 unspecified atom stereocenters. The van der Waals surface area contributed by atoms with Gasteiger partial charge < -0.3 is 14.8 Å². The standard InChI is InChI=1S/C23H27N3O4/c1-4-7-14-30-23(28)16-10-8-11-17(15-16)24-22(27)20-18(5-2)25-21-19(29-6-3)12-9-13-26(20)21/h8-13,15H,4-7,14H2,1-3H3,(H,24,27). The molecule has 0 aliphatic carbocycles. The van der Waals surface area contributed by atoms with E-state index in [2.05, 4.69) is 10.3 Å². The molecule has 0 fully saturated rings. The molecule has 0 radical (unpaired) electrons. The Kier molecular flexibility index (Phi) is 7.06. The van der Waals surface area contributed by atoms with Crippen LogP contribution in [0.5, 0.6) is 5.75 Å². The highest BCUT2D eigenvalue weighted by Crippen LogP contribution is 2.24. The number of aromatic nitrogens is 2. The first-order valence-corrected chi connectivity index (χ1v) is 10.3. The molecule has 3 aromatic rings. The number of nitrogens with one attached hydrogen (secondary N) is 1. The van der Waals surface area contributed by atoms with Crippen molar-refractivity contribution in [2.75, 3.05) is 18.5 Å². The molecule has 1 amide bonds. The van der Waals surface area contributed by atoms with Crippen LogP contribution in [0.1, 0.15) is 60.2 Å². The second kappa shape index (κ2) is 9.91. The number of benzene rings is 1. The first kappa shape index (κ1) is 21.4. The summed E-state index contributed by atoms with van der Waals surface area (Å²) in [6.07, 6.45) is 4.16. The number of nitrogens with zero attached hydrogens (tertiary/aromatic N) is 2. The van der Waals surface area contributed by atoms with Crippen molar-refractivity contribution in [2.45, 2.75) is 40.0 Å². The van der Waals surface area contributed by atoms with Crippen molar-refractivity contribution in [3.63, 3.8) is 0 Å². The summed E-state index contributed by atoms with van der Waals surface area (Å²) in [5, 5.41) is 2.88. The zero-order valence-corrected chi connectivity index (χ0v) is 17.6. The van der Waals surface area contributed by atoms with Crippen molar-refractivity contribution in [1.29, 1.82) is 0 Å². The molecule has 7 heteroatoms. The lowest BCUT2D eigenvalue weighted by Gasteiger charge is -2.09. The summed E-state index contributed by atoms with van der Waals surface area (Å²) in [6, 6.07) is 10.4. The van der Waals surface area contributed by atoms with Crippen LogP contribution in [0.15, 0.2) is 42.6 Å². The minimum Gasteiger partial charge on any atom is -0.490 e. The summed E-state index contributed by atoms with van der Waals surface area (Å²) in [7, 11) is 0. The normalized spacial score (nSPS) is 10.8. The van der Waals surface area contributed by atoms with E-state index in [4.69, 9.17) is 9.47 Å². The lowest BCUT2D eigenvalue weighted by molar-refractivity contribution is 0.0499. The van der Waals surface area contributed by atoms with Gasteiger partial charge in [0, 0.05) is 11.9 Å². The Morgan fingerprint density at radius 2 is 1.97 bits per heavy atom. The van der Waals surface area contributed by atoms with Gasteiger partial charge in [-0.3, -0.25) is 9.20 Å². The van der Waals surface area contributed by atoms with Crippen LogP contribution >= 0.6 is 0 Å². The van der Waals surface area contributed by atoms with E-state index in [1.165, 1.54) is 0 Å². The summed E-state index contributed by atoms with van der Waals surface area (Å²) in [5.41, 5.74) is 2.65. The highest BCUT2D eigenvalue weighted by Gasteiger charge is 2.20. The molecule has 0 bridgehead atoms. The maximum atomic E-state index is 13.1. The Morgan fingerprint density at radius 3 is 2.70 bits per heavy atom. The minimum atomic E-state index is -0.398. The van der Waals surface area contributed by atoms with Gasteiger partial charge >= 0.3 is 5.97 Å². The van der Waals surface area contributed by atoms with E-state index in [1.807, 2.05) is 32.9 Å². The lowest BCUT2D eigenvalue weighted by atomic mass is 10.2. The van der Waals surface area contributed by atoms with E-state index in [0.717, 1.165) is 12.8 Å². The lowest BCUT2D eigenvalue weighted by Crippen LogP contribution is -2.17. The van der Waals surface area contributed by atoms with Gasteiger partial charge in [-0.15, -0.1) is 0 Å². The van der Waals surface area contributed by atoms with Gasteiger partial charge in [0.25, 0.3) is 5.91 Å². The number of imidazole rings is 1. The quantitative estimate of drug-likeness (QED) is 0.415. The molecule has 0 aliphatic heterocycles. The predicted octanol–water partition coefficient (Wildman–Crippen LogP) is 4.50. The monoisotopic (exact) mass is 409 g/mol. The van der Waals surface area contributed by atoms with E-state index in [1.54, 1.807) is 34.9 Å². The number of carbonyl (C=O) groups is 2. The fraction of sp³-hybridized carbons (Fsp3) is 0.348. The molecule has 1 N–H and O–H groups in total. The molecular weight excluding hydrogens is 382 g/mol. The van der Waals surface area contributed by atoms with Gasteiger partial charge in [0.15, 0.2) is 11.4 Å². The third-order valence-electron chi connectivity index (χ3n) is 4.62. The summed E-state index contributed by atoms with van der Waals surface area (Å²) < 4.78 is 12.6. The molecule has 2 heterocycles. The average Bonchev–Trinajstić information content (AvgIpc) is 3.14. The molecule has 0 spiro atoms. The van der Waals surface area contributed by atoms with Crippen LogP contribution in [0, 0.1) is 0 Å². The maximum absolute atomic E-state index is 13.1. The number of hydrogen-bond donors (Lipinski definition) is 1. The minimum absolute atomic E-state index is 0.301. The summed E-state index contributed by atoms with van der Waals surface area (Å²) >= 11 is 0. The number of hydrogen-bond acceptors (Lipinski definition) is 5. The second-order valence-corrected chi connectivity index (χ2v) is 6.78. The third-order valence-corrected chi connectivity index (χ3v) is 4.62. The Balaban J connectivity index is 1.86. The second-order valence-electron chi connectivity index (χ2n) is 6.78. The number of ether oxygens (including phenoxy) is 2. The Bertz CT molecular complexity index is 1040. The number of carbonyl (C=O) groups excluding carboxylic acids is 2. The number of rotatable bonds is 9. The zero-order valence-electron chi connectivity index (χ0n) is 17.6. The molecule has 1 aromatic carbocycles. The van der Waals surface area contributed by atoms with E-state index in [9.17, 15) is 9.59 Å². The van der Waals surface area contributed by atoms with Gasteiger partial charge in [-0.1, -0.05) is 26.3 Å². The fourth-order valence-corrected chi connectivity index (χ4v) is 3.15. The van der Waals surface area contributed by atoms with E-state index in [-0.39, 0.29) is 5.91 Å². The molecule has 7 nitrogen and oxygen atoms in total. The Morgan fingerprint density at radius 1 is 1.13 bits per heavy atom. The molecule has 0 saturated carbocycles. The largest absolute Gasteiger partial charge is 0.490 e. The van der Waals surface area contributed by atoms with Gasteiger partial charge in [-0.05, 0) is 50.1 Å². The van der Waals surface area contributed by atoms with Crippen LogP contribution in [0.25, 0.3) is 5.65 Å². The smallest absolute Gasteiger partial charge is 0.338 e. The van der Waals surface area contributed by atoms with Crippen molar-refractivity contribution in [3.05, 3.63) is 59.5 Å². The summed E-state index contributed by atoms with van der Waals surface area (Å²) in [4.78, 5) is 29.9. The molecule has 0 saturated heterocycles. The molecular formula is C23H27N3O4. The molecule has 0 atom stereocenters. The summed E-state index contributed by atoms with van der Waals surface area (Å²) in [6.45, 7) is 6.78. The van der Waals surface area contributed by atoms with Crippen LogP contribution in [-0.4, -0.2) is 34.5 Å². The molecule has 3 rings (SSSR count). The van der Waals surface area contributed by atoms with Crippen LogP contribution < -0.4 is 10.1 Å². The van der Waals surface area contributed by atoms with Gasteiger partial charge in [0.1, 0.15) is 5.69 Å². The highest BCUT2D eigenvalue weighted by atomic mass is 16.5. The molecule has 0 aliphatic rings. The van der Waals surface area contributed by atoms with Crippen LogP contribution in [0.4, 0.5) is 5.69 Å². The topological polar surface area (TPSA) is 81.9 Å². The van der Waals surface area contributed by atoms with E-state index in [0.29, 0.717) is 53.7 Å². The van der Waals surface area contributed by atoms with Crippen molar-refractivity contribution >= 4 is 23.2 Å². The maximum Gasteiger partial charge on any atom is 0.338 e. The number of pyridine rings is 1. The number of fused-ring (bicyclic) bond motifs is 1. The molecule has 158 valence electrons. The fourth-order valence-electron chi connectivity index (χ4n) is 3.15. The predicted molar refractivity (Wildman–Crippen MR) is 115 cm³/mol. The zero-order chi connectivity index (χ0) is 21.5. The van der Waals surface area contributed by atoms with E-state index < -0.39 is 5.97 Å². The third kappa shape index (κ3) is 4.62. The Labute approximate surface area is 176 Å². The van der Waals surface area contributed by atoms with E-state index >= 15 is 0 Å². The average molecular weight is 409 g/mol.